The molecule has 0 aromatic heterocycles. The van der Waals surface area contributed by atoms with Gasteiger partial charge in [-0.1, -0.05) is 0 Å². The second-order valence-electron chi connectivity index (χ2n) is 3.34. The quantitative estimate of drug-likeness (QED) is 0.651. The van der Waals surface area contributed by atoms with Gasteiger partial charge in [0.25, 0.3) is 0 Å². The Labute approximate surface area is 85.5 Å². The van der Waals surface area contributed by atoms with Gasteiger partial charge in [-0.2, -0.15) is 0 Å². The third-order valence-electron chi connectivity index (χ3n) is 2.27. The molecule has 0 amide bonds. The van der Waals surface area contributed by atoms with Crippen molar-refractivity contribution in [3.05, 3.63) is 0 Å². The van der Waals surface area contributed by atoms with Crippen LogP contribution in [-0.4, -0.2) is 55.6 Å². The molecule has 0 aromatic rings. The predicted molar refractivity (Wildman–Crippen MR) is 59.5 cm³/mol. The monoisotopic (exact) mass is 197 g/mol. The summed E-state index contributed by atoms with van der Waals surface area (Å²) in [6, 6.07) is 0. The third kappa shape index (κ3) is 1.97. The molecule has 80 valence electrons. The number of guanidine groups is 2. The molecular formula is C9H19N5. The highest BCUT2D eigenvalue weighted by Gasteiger charge is 2.20. The number of nitrogens with one attached hydrogen (secondary N) is 1. The van der Waals surface area contributed by atoms with Crippen molar-refractivity contribution >= 4 is 11.9 Å². The van der Waals surface area contributed by atoms with E-state index in [4.69, 9.17) is 0 Å². The Bertz CT molecular complexity index is 258. The van der Waals surface area contributed by atoms with Crippen molar-refractivity contribution in [3.63, 3.8) is 0 Å². The zero-order valence-electron chi connectivity index (χ0n) is 9.57. The first-order valence-corrected chi connectivity index (χ1v) is 4.88. The molecule has 1 unspecified atom stereocenters. The fourth-order valence-electron chi connectivity index (χ4n) is 1.37. The molecule has 0 saturated heterocycles. The molecular weight excluding hydrogens is 178 g/mol. The summed E-state index contributed by atoms with van der Waals surface area (Å²) in [5, 5.41) is 3.06. The molecule has 0 spiro atoms. The van der Waals surface area contributed by atoms with Gasteiger partial charge in [0.2, 0.25) is 11.9 Å². The zero-order chi connectivity index (χ0) is 10.7. The summed E-state index contributed by atoms with van der Waals surface area (Å²) in [7, 11) is 5.86. The van der Waals surface area contributed by atoms with Gasteiger partial charge < -0.3 is 10.2 Å². The zero-order valence-corrected chi connectivity index (χ0v) is 9.57. The summed E-state index contributed by atoms with van der Waals surface area (Å²) < 4.78 is 0. The Balaban J connectivity index is 2.87. The Morgan fingerprint density at radius 2 is 2.14 bits per heavy atom. The van der Waals surface area contributed by atoms with Crippen molar-refractivity contribution in [2.45, 2.75) is 20.0 Å². The van der Waals surface area contributed by atoms with Gasteiger partial charge in [0, 0.05) is 27.7 Å². The lowest BCUT2D eigenvalue weighted by Gasteiger charge is -2.32. The first-order valence-electron chi connectivity index (χ1n) is 4.88. The molecule has 1 aliphatic heterocycles. The van der Waals surface area contributed by atoms with Gasteiger partial charge in [-0.3, -0.25) is 4.90 Å². The average Bonchev–Trinajstić information content (AvgIpc) is 2.19. The maximum atomic E-state index is 4.47. The van der Waals surface area contributed by atoms with Gasteiger partial charge in [0.05, 0.1) is 0 Å². The van der Waals surface area contributed by atoms with Crippen LogP contribution in [0.15, 0.2) is 9.98 Å². The smallest absolute Gasteiger partial charge is 0.205 e. The molecule has 1 N–H and O–H groups in total. The van der Waals surface area contributed by atoms with Crippen LogP contribution in [0.4, 0.5) is 0 Å². The van der Waals surface area contributed by atoms with Gasteiger partial charge in [-0.25, -0.2) is 9.98 Å². The predicted octanol–water partition coefficient (Wildman–Crippen LogP) is 0.161. The number of hydrogen-bond donors (Lipinski definition) is 1. The average molecular weight is 197 g/mol. The van der Waals surface area contributed by atoms with E-state index in [1.165, 1.54) is 0 Å². The fraction of sp³-hybridized carbons (Fsp3) is 0.778. The molecule has 0 saturated carbocycles. The lowest BCUT2D eigenvalue weighted by molar-refractivity contribution is 0.450. The van der Waals surface area contributed by atoms with E-state index in [0.717, 1.165) is 18.5 Å². The minimum absolute atomic E-state index is 0.00218. The van der Waals surface area contributed by atoms with Crippen LogP contribution in [-0.2, 0) is 0 Å². The molecule has 1 aliphatic rings. The summed E-state index contributed by atoms with van der Waals surface area (Å²) in [6.45, 7) is 5.02. The first kappa shape index (κ1) is 10.8. The second kappa shape index (κ2) is 4.30. The summed E-state index contributed by atoms with van der Waals surface area (Å²) in [5.74, 6) is 1.82. The highest BCUT2D eigenvalue weighted by molar-refractivity contribution is 5.99. The SMILES string of the molecule is CCN(C)C1=NC(C)N=C(NC)N1C. The van der Waals surface area contributed by atoms with E-state index >= 15 is 0 Å². The molecule has 1 heterocycles. The van der Waals surface area contributed by atoms with Gasteiger partial charge in [0.1, 0.15) is 6.17 Å². The summed E-state index contributed by atoms with van der Waals surface area (Å²) in [5.41, 5.74) is 0. The molecule has 5 nitrogen and oxygen atoms in total. The minimum Gasteiger partial charge on any atom is -0.359 e. The molecule has 0 aliphatic carbocycles. The number of nitrogens with zero attached hydrogens (tertiary/aromatic N) is 4. The largest absolute Gasteiger partial charge is 0.359 e. The van der Waals surface area contributed by atoms with Crippen molar-refractivity contribution in [2.75, 3.05) is 27.7 Å². The van der Waals surface area contributed by atoms with Crippen molar-refractivity contribution in [1.82, 2.24) is 15.1 Å². The van der Waals surface area contributed by atoms with Crippen molar-refractivity contribution in [1.29, 1.82) is 0 Å². The van der Waals surface area contributed by atoms with E-state index in [2.05, 4.69) is 27.1 Å². The van der Waals surface area contributed by atoms with E-state index in [-0.39, 0.29) is 6.17 Å². The van der Waals surface area contributed by atoms with Crippen molar-refractivity contribution in [2.24, 2.45) is 9.98 Å². The lowest BCUT2D eigenvalue weighted by Crippen LogP contribution is -2.50. The van der Waals surface area contributed by atoms with Crippen LogP contribution in [0, 0.1) is 0 Å². The fourth-order valence-corrected chi connectivity index (χ4v) is 1.37. The summed E-state index contributed by atoms with van der Waals surface area (Å²) in [6.07, 6.45) is -0.00218. The summed E-state index contributed by atoms with van der Waals surface area (Å²) >= 11 is 0. The molecule has 0 aromatic carbocycles. The van der Waals surface area contributed by atoms with Crippen LogP contribution >= 0.6 is 0 Å². The summed E-state index contributed by atoms with van der Waals surface area (Å²) in [4.78, 5) is 12.9. The normalized spacial score (nSPS) is 21.5. The number of aliphatic imine (C=N–C) groups is 2. The van der Waals surface area contributed by atoms with E-state index in [1.807, 2.05) is 33.0 Å². The van der Waals surface area contributed by atoms with E-state index in [1.54, 1.807) is 0 Å². The Morgan fingerprint density at radius 3 is 2.64 bits per heavy atom. The molecule has 5 heteroatoms. The van der Waals surface area contributed by atoms with Crippen LogP contribution in [0.3, 0.4) is 0 Å². The van der Waals surface area contributed by atoms with Crippen LogP contribution in [0.1, 0.15) is 13.8 Å². The third-order valence-corrected chi connectivity index (χ3v) is 2.27. The van der Waals surface area contributed by atoms with Crippen LogP contribution < -0.4 is 5.32 Å². The van der Waals surface area contributed by atoms with E-state index in [9.17, 15) is 0 Å². The first-order chi connectivity index (χ1) is 6.60. The highest BCUT2D eigenvalue weighted by Crippen LogP contribution is 2.06. The molecule has 0 radical (unpaired) electrons. The Hall–Kier alpha value is -1.26. The molecule has 0 fully saturated rings. The lowest BCUT2D eigenvalue weighted by atomic mass is 10.5. The van der Waals surface area contributed by atoms with Gasteiger partial charge >= 0.3 is 0 Å². The van der Waals surface area contributed by atoms with E-state index in [0.29, 0.717) is 0 Å². The van der Waals surface area contributed by atoms with Gasteiger partial charge in [-0.15, -0.1) is 0 Å². The topological polar surface area (TPSA) is 43.2 Å². The maximum absolute atomic E-state index is 4.47. The van der Waals surface area contributed by atoms with E-state index < -0.39 is 0 Å². The molecule has 1 atom stereocenters. The van der Waals surface area contributed by atoms with Gasteiger partial charge in [0.15, 0.2) is 0 Å². The van der Waals surface area contributed by atoms with Crippen LogP contribution in [0.5, 0.6) is 0 Å². The second-order valence-corrected chi connectivity index (χ2v) is 3.34. The minimum atomic E-state index is -0.00218. The molecule has 0 bridgehead atoms. The van der Waals surface area contributed by atoms with Crippen LogP contribution in [0.2, 0.25) is 0 Å². The molecule has 1 rings (SSSR count). The Kier molecular flexibility index (Phi) is 3.33. The standard InChI is InChI=1S/C9H19N5/c1-6-13(4)9-12-7(2)11-8(10-3)14(9)5/h7H,6H2,1-5H3,(H,10,11). The van der Waals surface area contributed by atoms with Crippen molar-refractivity contribution < 1.29 is 0 Å². The molecule has 14 heavy (non-hydrogen) atoms. The number of rotatable bonds is 1. The van der Waals surface area contributed by atoms with Gasteiger partial charge in [-0.05, 0) is 13.8 Å². The van der Waals surface area contributed by atoms with Crippen molar-refractivity contribution in [3.8, 4) is 0 Å². The number of hydrogen-bond acceptors (Lipinski definition) is 5. The van der Waals surface area contributed by atoms with Crippen LogP contribution in [0.25, 0.3) is 0 Å². The Morgan fingerprint density at radius 1 is 1.50 bits per heavy atom. The maximum Gasteiger partial charge on any atom is 0.205 e. The highest BCUT2D eigenvalue weighted by atomic mass is 15.4.